The summed E-state index contributed by atoms with van der Waals surface area (Å²) >= 11 is 0. The van der Waals surface area contributed by atoms with Crippen LogP contribution in [-0.2, 0) is 0 Å². The Balaban J connectivity index is 2.27. The summed E-state index contributed by atoms with van der Waals surface area (Å²) in [6.45, 7) is 2.05. The molecule has 2 aromatic carbocycles. The first-order chi connectivity index (χ1) is 8.24. The van der Waals surface area contributed by atoms with Crippen LogP contribution in [0.2, 0.25) is 0 Å². The van der Waals surface area contributed by atoms with Crippen molar-refractivity contribution in [2.45, 2.75) is 6.92 Å². The monoisotopic (exact) mass is 224 g/mol. The second-order valence-corrected chi connectivity index (χ2v) is 4.09. The minimum absolute atomic E-state index is 0.716. The van der Waals surface area contributed by atoms with E-state index in [0.717, 1.165) is 16.7 Å². The fraction of sp³-hybridized carbons (Fsp3) is 0.0769. The molecule has 3 aromatic rings. The summed E-state index contributed by atoms with van der Waals surface area (Å²) in [6, 6.07) is 13.7. The molecule has 0 aliphatic rings. The van der Waals surface area contributed by atoms with Crippen LogP contribution < -0.4 is 5.73 Å². The first-order valence-corrected chi connectivity index (χ1v) is 5.42. The minimum Gasteiger partial charge on any atom is -0.399 e. The molecule has 0 saturated carbocycles. The largest absolute Gasteiger partial charge is 0.399 e. The Hall–Kier alpha value is -2.36. The van der Waals surface area contributed by atoms with Crippen LogP contribution >= 0.6 is 0 Å². The van der Waals surface area contributed by atoms with Gasteiger partial charge in [-0.15, -0.1) is 5.10 Å². The van der Waals surface area contributed by atoms with Crippen molar-refractivity contribution in [3.63, 3.8) is 0 Å². The van der Waals surface area contributed by atoms with Crippen LogP contribution in [0.25, 0.3) is 16.7 Å². The molecule has 0 atom stereocenters. The molecule has 1 aromatic heterocycles. The second-order valence-electron chi connectivity index (χ2n) is 4.09. The topological polar surface area (TPSA) is 56.7 Å². The van der Waals surface area contributed by atoms with Gasteiger partial charge in [0.15, 0.2) is 0 Å². The number of rotatable bonds is 1. The van der Waals surface area contributed by atoms with Gasteiger partial charge in [-0.25, -0.2) is 4.68 Å². The Labute approximate surface area is 98.7 Å². The molecule has 0 saturated heterocycles. The van der Waals surface area contributed by atoms with Crippen molar-refractivity contribution < 1.29 is 0 Å². The second kappa shape index (κ2) is 3.59. The Morgan fingerprint density at radius 2 is 2.00 bits per heavy atom. The highest BCUT2D eigenvalue weighted by molar-refractivity contribution is 5.79. The van der Waals surface area contributed by atoms with Crippen molar-refractivity contribution in [2.75, 3.05) is 5.73 Å². The normalized spacial score (nSPS) is 10.9. The van der Waals surface area contributed by atoms with E-state index in [1.807, 2.05) is 30.3 Å². The van der Waals surface area contributed by atoms with E-state index in [1.54, 1.807) is 4.68 Å². The van der Waals surface area contributed by atoms with Crippen molar-refractivity contribution in [3.05, 3.63) is 48.0 Å². The van der Waals surface area contributed by atoms with Crippen molar-refractivity contribution in [1.29, 1.82) is 0 Å². The number of benzene rings is 2. The predicted molar refractivity (Wildman–Crippen MR) is 68.0 cm³/mol. The summed E-state index contributed by atoms with van der Waals surface area (Å²) in [5.41, 5.74) is 10.5. The third-order valence-electron chi connectivity index (χ3n) is 2.72. The lowest BCUT2D eigenvalue weighted by Gasteiger charge is -2.03. The van der Waals surface area contributed by atoms with Gasteiger partial charge in [0.05, 0.1) is 11.2 Å². The molecule has 4 heteroatoms. The zero-order valence-corrected chi connectivity index (χ0v) is 9.46. The van der Waals surface area contributed by atoms with E-state index in [4.69, 9.17) is 5.73 Å². The van der Waals surface area contributed by atoms with Gasteiger partial charge in [-0.1, -0.05) is 17.3 Å². The average molecular weight is 224 g/mol. The predicted octanol–water partition coefficient (Wildman–Crippen LogP) is 2.31. The van der Waals surface area contributed by atoms with E-state index >= 15 is 0 Å². The summed E-state index contributed by atoms with van der Waals surface area (Å²) in [7, 11) is 0. The number of hydrogen-bond donors (Lipinski definition) is 1. The minimum atomic E-state index is 0.716. The van der Waals surface area contributed by atoms with Crippen LogP contribution in [0.15, 0.2) is 42.5 Å². The number of nitrogens with zero attached hydrogens (tertiary/aromatic N) is 3. The highest BCUT2D eigenvalue weighted by Crippen LogP contribution is 2.19. The molecule has 2 N–H and O–H groups in total. The lowest BCUT2D eigenvalue weighted by molar-refractivity contribution is 0.823. The van der Waals surface area contributed by atoms with Gasteiger partial charge < -0.3 is 5.73 Å². The van der Waals surface area contributed by atoms with Crippen LogP contribution in [0, 0.1) is 6.92 Å². The molecule has 0 radical (unpaired) electrons. The molecule has 0 bridgehead atoms. The number of nitrogen functional groups attached to an aromatic ring is 1. The quantitative estimate of drug-likeness (QED) is 0.645. The third-order valence-corrected chi connectivity index (χ3v) is 2.72. The fourth-order valence-electron chi connectivity index (χ4n) is 1.89. The number of fused-ring (bicyclic) bond motifs is 1. The zero-order valence-electron chi connectivity index (χ0n) is 9.46. The van der Waals surface area contributed by atoms with Gasteiger partial charge in [-0.2, -0.15) is 0 Å². The zero-order chi connectivity index (χ0) is 11.8. The standard InChI is InChI=1S/C13H12N4/c1-9-3-2-4-11(7-9)17-13-8-10(14)5-6-12(13)15-16-17/h2-8H,14H2,1H3. The van der Waals surface area contributed by atoms with Gasteiger partial charge in [0.25, 0.3) is 0 Å². The molecule has 3 rings (SSSR count). The smallest absolute Gasteiger partial charge is 0.113 e. The molecule has 1 heterocycles. The van der Waals surface area contributed by atoms with E-state index in [1.165, 1.54) is 5.56 Å². The summed E-state index contributed by atoms with van der Waals surface area (Å²) in [5, 5.41) is 8.28. The molecule has 4 nitrogen and oxygen atoms in total. The highest BCUT2D eigenvalue weighted by Gasteiger charge is 2.06. The van der Waals surface area contributed by atoms with Crippen molar-refractivity contribution >= 4 is 16.7 Å². The van der Waals surface area contributed by atoms with Gasteiger partial charge in [0.2, 0.25) is 0 Å². The molecule has 17 heavy (non-hydrogen) atoms. The van der Waals surface area contributed by atoms with E-state index in [9.17, 15) is 0 Å². The molecule has 0 aliphatic carbocycles. The maximum Gasteiger partial charge on any atom is 0.113 e. The van der Waals surface area contributed by atoms with Gasteiger partial charge in [0, 0.05) is 5.69 Å². The van der Waals surface area contributed by atoms with Crippen molar-refractivity contribution in [3.8, 4) is 5.69 Å². The van der Waals surface area contributed by atoms with E-state index in [0.29, 0.717) is 5.69 Å². The summed E-state index contributed by atoms with van der Waals surface area (Å²) in [5.74, 6) is 0. The lowest BCUT2D eigenvalue weighted by Crippen LogP contribution is -1.97. The highest BCUT2D eigenvalue weighted by atomic mass is 15.4. The van der Waals surface area contributed by atoms with Crippen molar-refractivity contribution in [1.82, 2.24) is 15.0 Å². The Bertz CT molecular complexity index is 685. The average Bonchev–Trinajstić information content (AvgIpc) is 2.71. The van der Waals surface area contributed by atoms with E-state index in [-0.39, 0.29) is 0 Å². The molecule has 0 unspecified atom stereocenters. The third kappa shape index (κ3) is 1.63. The summed E-state index contributed by atoms with van der Waals surface area (Å²) in [6.07, 6.45) is 0. The fourth-order valence-corrected chi connectivity index (χ4v) is 1.89. The maximum absolute atomic E-state index is 5.79. The van der Waals surface area contributed by atoms with Gasteiger partial charge in [-0.3, -0.25) is 0 Å². The van der Waals surface area contributed by atoms with Crippen LogP contribution in [0.4, 0.5) is 5.69 Å². The number of hydrogen-bond acceptors (Lipinski definition) is 3. The van der Waals surface area contributed by atoms with E-state index in [2.05, 4.69) is 29.4 Å². The molecule has 84 valence electrons. The SMILES string of the molecule is Cc1cccc(-n2nnc3ccc(N)cc32)c1. The number of anilines is 1. The van der Waals surface area contributed by atoms with Gasteiger partial charge in [-0.05, 0) is 42.8 Å². The van der Waals surface area contributed by atoms with Crippen LogP contribution in [-0.4, -0.2) is 15.0 Å². The molecular formula is C13H12N4. The molecule has 0 spiro atoms. The van der Waals surface area contributed by atoms with Crippen molar-refractivity contribution in [2.24, 2.45) is 0 Å². The van der Waals surface area contributed by atoms with Crippen LogP contribution in [0.5, 0.6) is 0 Å². The molecular weight excluding hydrogens is 212 g/mol. The first-order valence-electron chi connectivity index (χ1n) is 5.42. The molecule has 0 fully saturated rings. The van der Waals surface area contributed by atoms with Crippen LogP contribution in [0.3, 0.4) is 0 Å². The number of aryl methyl sites for hydroxylation is 1. The van der Waals surface area contributed by atoms with Gasteiger partial charge >= 0.3 is 0 Å². The lowest BCUT2D eigenvalue weighted by atomic mass is 10.2. The van der Waals surface area contributed by atoms with Gasteiger partial charge in [0.1, 0.15) is 5.52 Å². The number of nitrogens with two attached hydrogens (primary N) is 1. The Morgan fingerprint density at radius 3 is 2.82 bits per heavy atom. The summed E-state index contributed by atoms with van der Waals surface area (Å²) < 4.78 is 1.80. The summed E-state index contributed by atoms with van der Waals surface area (Å²) in [4.78, 5) is 0. The molecule has 0 amide bonds. The van der Waals surface area contributed by atoms with E-state index < -0.39 is 0 Å². The van der Waals surface area contributed by atoms with Crippen LogP contribution in [0.1, 0.15) is 5.56 Å². The Morgan fingerprint density at radius 1 is 1.12 bits per heavy atom. The number of aromatic nitrogens is 3. The Kier molecular flexibility index (Phi) is 2.08. The maximum atomic E-state index is 5.79. The molecule has 0 aliphatic heterocycles. The first kappa shape index (κ1) is 9.84.